The van der Waals surface area contributed by atoms with Crippen molar-refractivity contribution in [2.45, 2.75) is 84.0 Å². The molecule has 4 heteroatoms. The van der Waals surface area contributed by atoms with E-state index in [2.05, 4.69) is 40.6 Å². The lowest BCUT2D eigenvalue weighted by Gasteiger charge is -2.32. The molecule has 1 aliphatic rings. The first-order valence-corrected chi connectivity index (χ1v) is 9.53. The van der Waals surface area contributed by atoms with Gasteiger partial charge in [-0.15, -0.1) is 0 Å². The summed E-state index contributed by atoms with van der Waals surface area (Å²) < 4.78 is 12.2. The molecule has 1 heterocycles. The van der Waals surface area contributed by atoms with Gasteiger partial charge >= 0.3 is 7.12 Å². The first-order valence-electron chi connectivity index (χ1n) is 9.53. The summed E-state index contributed by atoms with van der Waals surface area (Å²) in [7, 11) is -0.300. The lowest BCUT2D eigenvalue weighted by Crippen LogP contribution is -2.41. The van der Waals surface area contributed by atoms with E-state index >= 15 is 0 Å². The normalized spacial score (nSPS) is 20.7. The third-order valence-corrected chi connectivity index (χ3v) is 5.42. The van der Waals surface area contributed by atoms with E-state index < -0.39 is 6.10 Å². The van der Waals surface area contributed by atoms with Gasteiger partial charge in [0.1, 0.15) is 0 Å². The molecule has 138 valence electrons. The first kappa shape index (κ1) is 20.2. The predicted octanol–water partition coefficient (Wildman–Crippen LogP) is 5.25. The van der Waals surface area contributed by atoms with Crippen LogP contribution in [0.3, 0.4) is 0 Å². The molecule has 1 aliphatic heterocycles. The second-order valence-electron chi connectivity index (χ2n) is 8.02. The van der Waals surface area contributed by atoms with E-state index in [0.717, 1.165) is 37.7 Å². The third kappa shape index (κ3) is 5.44. The van der Waals surface area contributed by atoms with Gasteiger partial charge in [0.25, 0.3) is 0 Å². The van der Waals surface area contributed by atoms with Crippen molar-refractivity contribution >= 4 is 7.12 Å². The summed E-state index contributed by atoms with van der Waals surface area (Å²) in [6.07, 6.45) is 4.49. The highest BCUT2D eigenvalue weighted by molar-refractivity contribution is 6.51. The minimum absolute atomic E-state index is 0.300. The molecule has 0 aromatic heterocycles. The molecule has 1 atom stereocenters. The van der Waals surface area contributed by atoms with Crippen molar-refractivity contribution in [2.24, 2.45) is 0 Å². The van der Waals surface area contributed by atoms with Crippen LogP contribution in [0.5, 0.6) is 0 Å². The van der Waals surface area contributed by atoms with Gasteiger partial charge in [-0.25, -0.2) is 0 Å². The van der Waals surface area contributed by atoms with Crippen LogP contribution in [0.15, 0.2) is 41.9 Å². The summed E-state index contributed by atoms with van der Waals surface area (Å²) in [6, 6.07) is 9.87. The Bertz CT molecular complexity index is 550. The van der Waals surface area contributed by atoms with Crippen molar-refractivity contribution in [3.8, 4) is 0 Å². The van der Waals surface area contributed by atoms with E-state index in [0.29, 0.717) is 0 Å². The molecule has 0 spiro atoms. The van der Waals surface area contributed by atoms with E-state index in [1.54, 1.807) is 0 Å². The Morgan fingerprint density at radius 2 is 1.68 bits per heavy atom. The summed E-state index contributed by atoms with van der Waals surface area (Å²) >= 11 is 0. The summed E-state index contributed by atoms with van der Waals surface area (Å²) in [6.45, 7) is 10.5. The Balaban J connectivity index is 2.01. The van der Waals surface area contributed by atoms with Crippen molar-refractivity contribution in [3.05, 3.63) is 47.4 Å². The Hall–Kier alpha value is -1.10. The first-order chi connectivity index (χ1) is 11.7. The number of aliphatic hydroxyl groups excluding tert-OH is 1. The molecule has 1 aromatic carbocycles. The van der Waals surface area contributed by atoms with Gasteiger partial charge < -0.3 is 14.4 Å². The number of unbranched alkanes of at least 4 members (excludes halogenated alkanes) is 1. The highest BCUT2D eigenvalue weighted by atomic mass is 16.7. The van der Waals surface area contributed by atoms with Gasteiger partial charge in [0.15, 0.2) is 0 Å². The molecule has 0 bridgehead atoms. The van der Waals surface area contributed by atoms with Gasteiger partial charge in [-0.2, -0.15) is 0 Å². The Morgan fingerprint density at radius 1 is 1.08 bits per heavy atom. The van der Waals surface area contributed by atoms with Crippen LogP contribution in [0.4, 0.5) is 0 Å². The van der Waals surface area contributed by atoms with Crippen LogP contribution in [0, 0.1) is 0 Å². The van der Waals surface area contributed by atoms with Crippen molar-refractivity contribution in [2.75, 3.05) is 0 Å². The van der Waals surface area contributed by atoms with Gasteiger partial charge in [-0.05, 0) is 58.9 Å². The number of hydrogen-bond donors (Lipinski definition) is 1. The molecular weight excluding hydrogens is 311 g/mol. The maximum Gasteiger partial charge on any atom is 0.487 e. The van der Waals surface area contributed by atoms with E-state index in [1.165, 1.54) is 5.57 Å². The van der Waals surface area contributed by atoms with Crippen LogP contribution in [-0.2, 0) is 9.31 Å². The van der Waals surface area contributed by atoms with Crippen LogP contribution < -0.4 is 0 Å². The quantitative estimate of drug-likeness (QED) is 0.655. The van der Waals surface area contributed by atoms with Crippen LogP contribution in [-0.4, -0.2) is 23.4 Å². The van der Waals surface area contributed by atoms with Crippen molar-refractivity contribution < 1.29 is 14.4 Å². The van der Waals surface area contributed by atoms with Gasteiger partial charge in [0.2, 0.25) is 0 Å². The number of allylic oxidation sites excluding steroid dienone is 1. The molecular formula is C21H33BO3. The van der Waals surface area contributed by atoms with Crippen LogP contribution in [0.1, 0.15) is 78.4 Å². The molecule has 0 aliphatic carbocycles. The van der Waals surface area contributed by atoms with Crippen LogP contribution in [0.2, 0.25) is 0 Å². The maximum absolute atomic E-state index is 10.4. The fraction of sp³-hybridized carbons (Fsp3) is 0.619. The fourth-order valence-corrected chi connectivity index (χ4v) is 3.01. The molecule has 0 saturated carbocycles. The lowest BCUT2D eigenvalue weighted by atomic mass is 9.83. The minimum Gasteiger partial charge on any atom is -0.400 e. The molecule has 1 saturated heterocycles. The third-order valence-electron chi connectivity index (χ3n) is 5.42. The monoisotopic (exact) mass is 344 g/mol. The zero-order chi connectivity index (χ0) is 18.5. The summed E-state index contributed by atoms with van der Waals surface area (Å²) in [5.74, 6) is 2.13. The SMILES string of the molecule is CCCC/C(=C\B1OC(C)(C)C(C)(C)O1)CCC(O)c1ccccc1. The number of hydrogen-bond acceptors (Lipinski definition) is 3. The standard InChI is InChI=1S/C21H33BO3/c1-6-7-11-17(14-15-19(23)18-12-9-8-10-13-18)16-22-24-20(2,3)21(4,5)25-22/h8-10,12-13,16,19,23H,6-7,11,14-15H2,1-5H3/b17-16+. The highest BCUT2D eigenvalue weighted by Gasteiger charge is 2.50. The zero-order valence-corrected chi connectivity index (χ0v) is 16.4. The molecule has 2 rings (SSSR count). The van der Waals surface area contributed by atoms with E-state index in [1.807, 2.05) is 30.3 Å². The molecule has 1 N–H and O–H groups in total. The molecule has 1 unspecified atom stereocenters. The molecule has 3 nitrogen and oxygen atoms in total. The average Bonchev–Trinajstić information content (AvgIpc) is 2.77. The summed E-state index contributed by atoms with van der Waals surface area (Å²) in [4.78, 5) is 0. The fourth-order valence-electron chi connectivity index (χ4n) is 3.01. The molecule has 0 radical (unpaired) electrons. The van der Waals surface area contributed by atoms with Gasteiger partial charge in [0, 0.05) is 0 Å². The number of aliphatic hydroxyl groups is 1. The summed E-state index contributed by atoms with van der Waals surface area (Å²) in [5, 5.41) is 10.4. The highest BCUT2D eigenvalue weighted by Crippen LogP contribution is 2.37. The zero-order valence-electron chi connectivity index (χ0n) is 16.4. The van der Waals surface area contributed by atoms with Gasteiger partial charge in [0.05, 0.1) is 17.3 Å². The molecule has 25 heavy (non-hydrogen) atoms. The van der Waals surface area contributed by atoms with Crippen molar-refractivity contribution in [3.63, 3.8) is 0 Å². The largest absolute Gasteiger partial charge is 0.487 e. The van der Waals surface area contributed by atoms with Crippen molar-refractivity contribution in [1.82, 2.24) is 0 Å². The second-order valence-corrected chi connectivity index (χ2v) is 8.02. The molecule has 1 aromatic rings. The average molecular weight is 344 g/mol. The maximum atomic E-state index is 10.4. The Kier molecular flexibility index (Phi) is 6.90. The van der Waals surface area contributed by atoms with E-state index in [9.17, 15) is 5.11 Å². The number of benzene rings is 1. The van der Waals surface area contributed by atoms with Crippen LogP contribution in [0.25, 0.3) is 0 Å². The van der Waals surface area contributed by atoms with Crippen LogP contribution >= 0.6 is 0 Å². The Morgan fingerprint density at radius 3 is 2.24 bits per heavy atom. The Labute approximate surface area is 153 Å². The van der Waals surface area contributed by atoms with E-state index in [-0.39, 0.29) is 18.3 Å². The topological polar surface area (TPSA) is 38.7 Å². The van der Waals surface area contributed by atoms with Gasteiger partial charge in [-0.1, -0.05) is 55.2 Å². The van der Waals surface area contributed by atoms with E-state index in [4.69, 9.17) is 9.31 Å². The lowest BCUT2D eigenvalue weighted by molar-refractivity contribution is 0.00578. The van der Waals surface area contributed by atoms with Gasteiger partial charge in [-0.3, -0.25) is 0 Å². The smallest absolute Gasteiger partial charge is 0.400 e. The predicted molar refractivity (Wildman–Crippen MR) is 104 cm³/mol. The summed E-state index contributed by atoms with van der Waals surface area (Å²) in [5.41, 5.74) is 1.67. The second kappa shape index (κ2) is 8.53. The minimum atomic E-state index is -0.426. The molecule has 0 amide bonds. The molecule has 1 fully saturated rings. The number of rotatable bonds is 8. The van der Waals surface area contributed by atoms with Crippen molar-refractivity contribution in [1.29, 1.82) is 0 Å².